The van der Waals surface area contributed by atoms with Crippen LogP contribution >= 0.6 is 23.2 Å². The van der Waals surface area contributed by atoms with Gasteiger partial charge in [-0.25, -0.2) is 0 Å². The van der Waals surface area contributed by atoms with E-state index in [0.717, 1.165) is 31.4 Å². The van der Waals surface area contributed by atoms with Gasteiger partial charge in [-0.2, -0.15) is 0 Å². The van der Waals surface area contributed by atoms with Crippen LogP contribution in [0.15, 0.2) is 18.2 Å². The molecule has 4 heteroatoms. The quantitative estimate of drug-likeness (QED) is 0.604. The molecule has 0 bridgehead atoms. The Bertz CT molecular complexity index is 366. The molecular formula is C12H15Cl2NO. The lowest BCUT2D eigenvalue weighted by Crippen LogP contribution is -2.00. The number of halogens is 2. The fourth-order valence-corrected chi connectivity index (χ4v) is 1.67. The van der Waals surface area contributed by atoms with Crippen LogP contribution in [-0.4, -0.2) is 19.4 Å². The largest absolute Gasteiger partial charge is 0.385 e. The zero-order chi connectivity index (χ0) is 12.0. The van der Waals surface area contributed by atoms with Crippen molar-refractivity contribution in [2.24, 2.45) is 0 Å². The fraction of sp³-hybridized carbons (Fsp3) is 0.417. The molecule has 0 aromatic heterocycles. The number of rotatable bonds is 6. The van der Waals surface area contributed by atoms with Crippen molar-refractivity contribution in [3.8, 4) is 0 Å². The third kappa shape index (κ3) is 4.12. The molecule has 0 unspecified atom stereocenters. The highest BCUT2D eigenvalue weighted by Crippen LogP contribution is 2.23. The number of hydrogen-bond donors (Lipinski definition) is 1. The third-order valence-corrected chi connectivity index (χ3v) is 3.03. The summed E-state index contributed by atoms with van der Waals surface area (Å²) >= 11 is 11.7. The van der Waals surface area contributed by atoms with E-state index in [1.54, 1.807) is 19.2 Å². The average Bonchev–Trinajstić information content (AvgIpc) is 2.28. The summed E-state index contributed by atoms with van der Waals surface area (Å²) in [5, 5.41) is 8.92. The smallest absolute Gasteiger partial charge is 0.0598 e. The molecule has 1 N–H and O–H groups in total. The minimum absolute atomic E-state index is 0.501. The highest BCUT2D eigenvalue weighted by molar-refractivity contribution is 6.42. The van der Waals surface area contributed by atoms with E-state index >= 15 is 0 Å². The van der Waals surface area contributed by atoms with Crippen LogP contribution in [0.4, 0.5) is 0 Å². The van der Waals surface area contributed by atoms with Crippen molar-refractivity contribution >= 4 is 28.9 Å². The Morgan fingerprint density at radius 3 is 2.62 bits per heavy atom. The number of hydrogen-bond acceptors (Lipinski definition) is 2. The average molecular weight is 260 g/mol. The van der Waals surface area contributed by atoms with Gasteiger partial charge in [-0.15, -0.1) is 0 Å². The maximum absolute atomic E-state index is 7.89. The van der Waals surface area contributed by atoms with E-state index in [1.807, 2.05) is 6.07 Å². The Morgan fingerprint density at radius 2 is 2.00 bits per heavy atom. The zero-order valence-corrected chi connectivity index (χ0v) is 10.7. The van der Waals surface area contributed by atoms with Crippen molar-refractivity contribution < 1.29 is 4.74 Å². The summed E-state index contributed by atoms with van der Waals surface area (Å²) in [5.74, 6) is 0. The van der Waals surface area contributed by atoms with Gasteiger partial charge in [-0.1, -0.05) is 29.3 Å². The second-order valence-electron chi connectivity index (χ2n) is 3.56. The Balaban J connectivity index is 2.50. The fourth-order valence-electron chi connectivity index (χ4n) is 1.38. The van der Waals surface area contributed by atoms with E-state index in [0.29, 0.717) is 15.8 Å². The summed E-state index contributed by atoms with van der Waals surface area (Å²) in [6, 6.07) is 5.29. The molecule has 88 valence electrons. The molecule has 0 radical (unpaired) electrons. The molecule has 1 rings (SSSR count). The van der Waals surface area contributed by atoms with Crippen molar-refractivity contribution in [2.45, 2.75) is 19.3 Å². The van der Waals surface area contributed by atoms with E-state index < -0.39 is 0 Å². The van der Waals surface area contributed by atoms with E-state index in [2.05, 4.69) is 0 Å². The molecule has 0 aliphatic heterocycles. The summed E-state index contributed by atoms with van der Waals surface area (Å²) < 4.78 is 4.96. The number of unbranched alkanes of at least 4 members (excludes halogenated alkanes) is 1. The molecule has 0 fully saturated rings. The number of benzene rings is 1. The predicted octanol–water partition coefficient (Wildman–Crippen LogP) is 4.18. The van der Waals surface area contributed by atoms with Crippen LogP contribution in [0.5, 0.6) is 0 Å². The second-order valence-corrected chi connectivity index (χ2v) is 4.37. The molecule has 0 saturated carbocycles. The van der Waals surface area contributed by atoms with Crippen LogP contribution in [0.25, 0.3) is 0 Å². The molecule has 0 saturated heterocycles. The lowest BCUT2D eigenvalue weighted by molar-refractivity contribution is 0.193. The topological polar surface area (TPSA) is 33.1 Å². The summed E-state index contributed by atoms with van der Waals surface area (Å²) in [6.07, 6.45) is 2.66. The second kappa shape index (κ2) is 6.89. The molecule has 0 amide bonds. The van der Waals surface area contributed by atoms with Crippen molar-refractivity contribution in [3.05, 3.63) is 33.8 Å². The van der Waals surface area contributed by atoms with Gasteiger partial charge in [0.25, 0.3) is 0 Å². The first kappa shape index (κ1) is 13.5. The van der Waals surface area contributed by atoms with E-state index in [-0.39, 0.29) is 0 Å². The molecule has 0 aliphatic rings. The predicted molar refractivity (Wildman–Crippen MR) is 69.0 cm³/mol. The van der Waals surface area contributed by atoms with Crippen molar-refractivity contribution in [1.29, 1.82) is 5.41 Å². The van der Waals surface area contributed by atoms with Crippen molar-refractivity contribution in [2.75, 3.05) is 13.7 Å². The molecule has 1 aromatic carbocycles. The summed E-state index contributed by atoms with van der Waals surface area (Å²) in [5.41, 5.74) is 1.43. The van der Waals surface area contributed by atoms with Gasteiger partial charge in [-0.3, -0.25) is 0 Å². The Hall–Kier alpha value is -0.570. The van der Waals surface area contributed by atoms with E-state index in [4.69, 9.17) is 33.3 Å². The number of methoxy groups -OCH3 is 1. The standard InChI is InChI=1S/C12H15Cl2NO/c1-16-7-3-2-4-12(15)9-5-6-10(13)11(14)8-9/h5-6,8,15H,2-4,7H2,1H3. The Morgan fingerprint density at radius 1 is 1.25 bits per heavy atom. The van der Waals surface area contributed by atoms with Crippen LogP contribution in [0.2, 0.25) is 10.0 Å². The molecule has 1 aromatic rings. The van der Waals surface area contributed by atoms with Gasteiger partial charge in [0.2, 0.25) is 0 Å². The Labute approximate surface area is 106 Å². The summed E-state index contributed by atoms with van der Waals surface area (Å²) in [4.78, 5) is 0. The molecular weight excluding hydrogens is 245 g/mol. The number of ether oxygens (including phenoxy) is 1. The van der Waals surface area contributed by atoms with E-state index in [9.17, 15) is 0 Å². The molecule has 0 atom stereocenters. The van der Waals surface area contributed by atoms with Crippen molar-refractivity contribution in [1.82, 2.24) is 0 Å². The highest BCUT2D eigenvalue weighted by atomic mass is 35.5. The zero-order valence-electron chi connectivity index (χ0n) is 9.22. The van der Waals surface area contributed by atoms with Crippen LogP contribution in [0.3, 0.4) is 0 Å². The Kier molecular flexibility index (Phi) is 5.81. The first-order chi connectivity index (χ1) is 7.65. The van der Waals surface area contributed by atoms with Crippen molar-refractivity contribution in [3.63, 3.8) is 0 Å². The molecule has 0 spiro atoms. The lowest BCUT2D eigenvalue weighted by Gasteiger charge is -2.05. The number of nitrogens with one attached hydrogen (secondary N) is 1. The minimum Gasteiger partial charge on any atom is -0.385 e. The monoisotopic (exact) mass is 259 g/mol. The molecule has 2 nitrogen and oxygen atoms in total. The van der Waals surface area contributed by atoms with Gasteiger partial charge < -0.3 is 10.1 Å². The summed E-state index contributed by atoms with van der Waals surface area (Å²) in [7, 11) is 1.68. The maximum atomic E-state index is 7.89. The molecule has 0 aliphatic carbocycles. The lowest BCUT2D eigenvalue weighted by atomic mass is 10.1. The van der Waals surface area contributed by atoms with Crippen LogP contribution < -0.4 is 0 Å². The van der Waals surface area contributed by atoms with Gasteiger partial charge >= 0.3 is 0 Å². The van der Waals surface area contributed by atoms with E-state index in [1.165, 1.54) is 0 Å². The summed E-state index contributed by atoms with van der Waals surface area (Å²) in [6.45, 7) is 0.745. The first-order valence-corrected chi connectivity index (χ1v) is 5.92. The SMILES string of the molecule is COCCCCC(=N)c1ccc(Cl)c(Cl)c1. The third-order valence-electron chi connectivity index (χ3n) is 2.29. The van der Waals surface area contributed by atoms with Gasteiger partial charge in [0.15, 0.2) is 0 Å². The van der Waals surface area contributed by atoms with Crippen LogP contribution in [0.1, 0.15) is 24.8 Å². The highest BCUT2D eigenvalue weighted by Gasteiger charge is 2.04. The van der Waals surface area contributed by atoms with Gasteiger partial charge in [0.1, 0.15) is 0 Å². The first-order valence-electron chi connectivity index (χ1n) is 5.17. The van der Waals surface area contributed by atoms with Crippen LogP contribution in [-0.2, 0) is 4.74 Å². The van der Waals surface area contributed by atoms with Gasteiger partial charge in [0, 0.05) is 19.4 Å². The molecule has 16 heavy (non-hydrogen) atoms. The van der Waals surface area contributed by atoms with Crippen LogP contribution in [0, 0.1) is 5.41 Å². The normalized spacial score (nSPS) is 10.4. The maximum Gasteiger partial charge on any atom is 0.0598 e. The molecule has 0 heterocycles. The van der Waals surface area contributed by atoms with Gasteiger partial charge in [0.05, 0.1) is 10.0 Å². The minimum atomic E-state index is 0.501. The van der Waals surface area contributed by atoms with Gasteiger partial charge in [-0.05, 0) is 37.0 Å².